The third kappa shape index (κ3) is 4.53. The molecule has 0 spiro atoms. The van der Waals surface area contributed by atoms with Gasteiger partial charge in [-0.1, -0.05) is 30.3 Å². The molecule has 0 bridgehead atoms. The second-order valence-corrected chi connectivity index (χ2v) is 7.05. The summed E-state index contributed by atoms with van der Waals surface area (Å²) in [5, 5.41) is 18.9. The molecular weight excluding hydrogens is 296 g/mol. The van der Waals surface area contributed by atoms with Gasteiger partial charge < -0.3 is 10.2 Å². The fourth-order valence-corrected chi connectivity index (χ4v) is 3.38. The van der Waals surface area contributed by atoms with Crippen molar-refractivity contribution in [2.45, 2.75) is 35.8 Å². The largest absolute Gasteiger partial charge is 0.508 e. The van der Waals surface area contributed by atoms with Crippen LogP contribution >= 0.6 is 11.8 Å². The molecule has 0 saturated carbocycles. The summed E-state index contributed by atoms with van der Waals surface area (Å²) in [6.07, 6.45) is 2.28. The number of phenols is 1. The molecule has 116 valence electrons. The number of rotatable bonds is 7. The molecule has 22 heavy (non-hydrogen) atoms. The summed E-state index contributed by atoms with van der Waals surface area (Å²) in [6.45, 7) is 1.76. The number of thioether (sulfide) groups is 1. The molecule has 2 aromatic rings. The van der Waals surface area contributed by atoms with Crippen LogP contribution in [0.15, 0.2) is 59.5 Å². The highest BCUT2D eigenvalue weighted by Gasteiger charge is 2.33. The lowest BCUT2D eigenvalue weighted by molar-refractivity contribution is -0.139. The van der Waals surface area contributed by atoms with Gasteiger partial charge in [0.1, 0.15) is 10.5 Å². The fourth-order valence-electron chi connectivity index (χ4n) is 2.25. The lowest BCUT2D eigenvalue weighted by Crippen LogP contribution is -2.31. The number of carbonyl (C=O) groups is 1. The van der Waals surface area contributed by atoms with E-state index in [9.17, 15) is 15.0 Å². The summed E-state index contributed by atoms with van der Waals surface area (Å²) in [6, 6.07) is 16.7. The van der Waals surface area contributed by atoms with Crippen molar-refractivity contribution in [1.29, 1.82) is 0 Å². The Kier molecular flexibility index (Phi) is 5.50. The Morgan fingerprint density at radius 2 is 1.73 bits per heavy atom. The van der Waals surface area contributed by atoms with Gasteiger partial charge >= 0.3 is 5.97 Å². The van der Waals surface area contributed by atoms with Gasteiger partial charge in [0, 0.05) is 4.90 Å². The van der Waals surface area contributed by atoms with E-state index in [1.165, 1.54) is 17.3 Å². The van der Waals surface area contributed by atoms with Gasteiger partial charge in [-0.25, -0.2) is 0 Å². The fraction of sp³-hybridized carbons (Fsp3) is 0.278. The number of aromatic hydroxyl groups is 1. The third-order valence-corrected chi connectivity index (χ3v) is 4.93. The maximum absolute atomic E-state index is 11.7. The summed E-state index contributed by atoms with van der Waals surface area (Å²) < 4.78 is -0.869. The van der Waals surface area contributed by atoms with E-state index in [0.717, 1.165) is 17.7 Å². The van der Waals surface area contributed by atoms with Gasteiger partial charge in [-0.2, -0.15) is 0 Å². The molecule has 0 saturated heterocycles. The minimum atomic E-state index is -0.869. The zero-order valence-electron chi connectivity index (χ0n) is 12.5. The third-order valence-electron chi connectivity index (χ3n) is 3.59. The highest BCUT2D eigenvalue weighted by Crippen LogP contribution is 2.37. The first-order chi connectivity index (χ1) is 10.5. The average molecular weight is 316 g/mol. The minimum Gasteiger partial charge on any atom is -0.508 e. The van der Waals surface area contributed by atoms with Crippen molar-refractivity contribution in [3.63, 3.8) is 0 Å². The Bertz CT molecular complexity index is 610. The first-order valence-corrected chi connectivity index (χ1v) is 8.07. The van der Waals surface area contributed by atoms with Crippen LogP contribution < -0.4 is 0 Å². The van der Waals surface area contributed by atoms with Crippen molar-refractivity contribution in [2.24, 2.45) is 0 Å². The van der Waals surface area contributed by atoms with E-state index < -0.39 is 10.7 Å². The van der Waals surface area contributed by atoms with Crippen LogP contribution in [-0.2, 0) is 11.2 Å². The molecule has 2 N–H and O–H groups in total. The first-order valence-electron chi connectivity index (χ1n) is 7.25. The van der Waals surface area contributed by atoms with Crippen LogP contribution in [0, 0.1) is 0 Å². The second kappa shape index (κ2) is 7.36. The molecule has 1 atom stereocenters. The molecule has 1 unspecified atom stereocenters. The SMILES string of the molecule is CC(CCCc1ccccc1)(Sc1ccc(O)cc1)C(=O)O. The normalized spacial score (nSPS) is 13.5. The number of carboxylic acid groups (broad SMARTS) is 1. The van der Waals surface area contributed by atoms with Crippen molar-refractivity contribution in [3.05, 3.63) is 60.2 Å². The molecule has 4 heteroatoms. The molecule has 0 aliphatic carbocycles. The van der Waals surface area contributed by atoms with Crippen molar-refractivity contribution in [2.75, 3.05) is 0 Å². The highest BCUT2D eigenvalue weighted by molar-refractivity contribution is 8.01. The van der Waals surface area contributed by atoms with E-state index in [1.54, 1.807) is 31.2 Å². The molecule has 0 amide bonds. The number of hydrogen-bond acceptors (Lipinski definition) is 3. The van der Waals surface area contributed by atoms with Gasteiger partial charge in [-0.3, -0.25) is 4.79 Å². The molecule has 0 aromatic heterocycles. The van der Waals surface area contributed by atoms with Crippen molar-refractivity contribution >= 4 is 17.7 Å². The van der Waals surface area contributed by atoms with E-state index in [1.807, 2.05) is 18.2 Å². The van der Waals surface area contributed by atoms with Crippen LogP contribution in [0.2, 0.25) is 0 Å². The lowest BCUT2D eigenvalue weighted by Gasteiger charge is -2.24. The quantitative estimate of drug-likeness (QED) is 0.746. The summed E-state index contributed by atoms with van der Waals surface area (Å²) >= 11 is 1.33. The predicted molar refractivity (Wildman–Crippen MR) is 89.4 cm³/mol. The van der Waals surface area contributed by atoms with Crippen LogP contribution in [0.25, 0.3) is 0 Å². The summed E-state index contributed by atoms with van der Waals surface area (Å²) in [4.78, 5) is 12.5. The molecular formula is C18H20O3S. The van der Waals surface area contributed by atoms with Crippen molar-refractivity contribution in [3.8, 4) is 5.75 Å². The van der Waals surface area contributed by atoms with E-state index >= 15 is 0 Å². The summed E-state index contributed by atoms with van der Waals surface area (Å²) in [5.41, 5.74) is 1.23. The maximum atomic E-state index is 11.7. The highest BCUT2D eigenvalue weighted by atomic mass is 32.2. The Hall–Kier alpha value is -1.94. The number of benzene rings is 2. The zero-order chi connectivity index (χ0) is 16.0. The molecule has 0 aliphatic heterocycles. The van der Waals surface area contributed by atoms with E-state index in [4.69, 9.17) is 0 Å². The van der Waals surface area contributed by atoms with Gasteiger partial charge in [0.05, 0.1) is 0 Å². The van der Waals surface area contributed by atoms with Gasteiger partial charge in [-0.15, -0.1) is 11.8 Å². The average Bonchev–Trinajstić information content (AvgIpc) is 2.50. The lowest BCUT2D eigenvalue weighted by atomic mass is 10.0. The Morgan fingerprint density at radius 3 is 2.32 bits per heavy atom. The zero-order valence-corrected chi connectivity index (χ0v) is 13.3. The maximum Gasteiger partial charge on any atom is 0.319 e. The molecule has 0 heterocycles. The first kappa shape index (κ1) is 16.4. The van der Waals surface area contributed by atoms with Crippen molar-refractivity contribution in [1.82, 2.24) is 0 Å². The molecule has 2 aromatic carbocycles. The molecule has 3 nitrogen and oxygen atoms in total. The molecule has 0 radical (unpaired) electrons. The Labute approximate surface area is 135 Å². The number of phenolic OH excluding ortho intramolecular Hbond substituents is 1. The van der Waals surface area contributed by atoms with Crippen LogP contribution in [0.5, 0.6) is 5.75 Å². The van der Waals surface area contributed by atoms with Gasteiger partial charge in [0.25, 0.3) is 0 Å². The summed E-state index contributed by atoms with van der Waals surface area (Å²) in [7, 11) is 0. The van der Waals surface area contributed by atoms with Crippen LogP contribution in [0.4, 0.5) is 0 Å². The topological polar surface area (TPSA) is 57.5 Å². The number of carboxylic acids is 1. The minimum absolute atomic E-state index is 0.186. The van der Waals surface area contributed by atoms with E-state index in [0.29, 0.717) is 6.42 Å². The standard InChI is InChI=1S/C18H20O3S/c1-18(17(20)21,22-16-11-9-15(19)10-12-16)13-5-8-14-6-3-2-4-7-14/h2-4,6-7,9-12,19H,5,8,13H2,1H3,(H,20,21). The Morgan fingerprint density at radius 1 is 1.09 bits per heavy atom. The predicted octanol–water partition coefficient (Wildman–Crippen LogP) is 4.35. The monoisotopic (exact) mass is 316 g/mol. The Balaban J connectivity index is 1.98. The second-order valence-electron chi connectivity index (χ2n) is 5.47. The van der Waals surface area contributed by atoms with E-state index in [-0.39, 0.29) is 5.75 Å². The van der Waals surface area contributed by atoms with Gasteiger partial charge in [0.15, 0.2) is 0 Å². The van der Waals surface area contributed by atoms with Crippen molar-refractivity contribution < 1.29 is 15.0 Å². The number of hydrogen-bond donors (Lipinski definition) is 2. The summed E-state index contributed by atoms with van der Waals surface area (Å²) in [5.74, 6) is -0.621. The molecule has 0 aliphatic rings. The van der Waals surface area contributed by atoms with Gasteiger partial charge in [-0.05, 0) is 56.0 Å². The van der Waals surface area contributed by atoms with E-state index in [2.05, 4.69) is 12.1 Å². The molecule has 0 fully saturated rings. The van der Waals surface area contributed by atoms with Crippen LogP contribution in [0.1, 0.15) is 25.3 Å². The smallest absolute Gasteiger partial charge is 0.319 e. The number of aliphatic carboxylic acids is 1. The molecule has 2 rings (SSSR count). The number of aryl methyl sites for hydroxylation is 1. The van der Waals surface area contributed by atoms with Gasteiger partial charge in [0.2, 0.25) is 0 Å². The van der Waals surface area contributed by atoms with Crippen LogP contribution in [0.3, 0.4) is 0 Å². The van der Waals surface area contributed by atoms with Crippen LogP contribution in [-0.4, -0.2) is 20.9 Å².